The topological polar surface area (TPSA) is 89.5 Å². The van der Waals surface area contributed by atoms with Crippen LogP contribution in [0.3, 0.4) is 0 Å². The number of hydrogen-bond acceptors (Lipinski definition) is 4. The average Bonchev–Trinajstić information content (AvgIpc) is 3.19. The normalized spacial score (nSPS) is 26.8. The van der Waals surface area contributed by atoms with Gasteiger partial charge in [-0.05, 0) is 37.5 Å². The first-order valence-electron chi connectivity index (χ1n) is 8.80. The molecule has 4 rings (SSSR count). The number of piperidine rings is 1. The summed E-state index contributed by atoms with van der Waals surface area (Å²) < 4.78 is 0. The molecule has 1 aromatic heterocycles. The van der Waals surface area contributed by atoms with Crippen LogP contribution < -0.4 is 0 Å². The molecule has 7 heteroatoms. The van der Waals surface area contributed by atoms with Gasteiger partial charge in [-0.1, -0.05) is 0 Å². The summed E-state index contributed by atoms with van der Waals surface area (Å²) in [5.41, 5.74) is 0.0238. The van der Waals surface area contributed by atoms with Crippen molar-refractivity contribution in [2.24, 2.45) is 11.3 Å². The fraction of sp³-hybridized carbons (Fsp3) is 0.706. The molecule has 0 unspecified atom stereocenters. The number of likely N-dealkylation sites (tertiary alicyclic amines) is 2. The first kappa shape index (κ1) is 15.6. The highest BCUT2D eigenvalue weighted by Crippen LogP contribution is 2.44. The van der Waals surface area contributed by atoms with Gasteiger partial charge in [0.2, 0.25) is 5.91 Å². The number of hydrogen-bond donors (Lipinski definition) is 2. The van der Waals surface area contributed by atoms with Crippen molar-refractivity contribution >= 4 is 11.9 Å². The van der Waals surface area contributed by atoms with Gasteiger partial charge in [-0.2, -0.15) is 0 Å². The summed E-state index contributed by atoms with van der Waals surface area (Å²) in [4.78, 5) is 35.2. The second-order valence-electron chi connectivity index (χ2n) is 7.60. The van der Waals surface area contributed by atoms with Crippen molar-refractivity contribution in [2.45, 2.75) is 44.7 Å². The van der Waals surface area contributed by atoms with Crippen LogP contribution in [-0.4, -0.2) is 62.4 Å². The fourth-order valence-corrected chi connectivity index (χ4v) is 4.28. The summed E-state index contributed by atoms with van der Waals surface area (Å²) in [5, 5.41) is 9.61. The van der Waals surface area contributed by atoms with Crippen molar-refractivity contribution < 1.29 is 14.7 Å². The third-order valence-corrected chi connectivity index (χ3v) is 5.86. The number of carbonyl (C=O) groups is 2. The van der Waals surface area contributed by atoms with Crippen molar-refractivity contribution in [3.05, 3.63) is 18.2 Å². The first-order valence-corrected chi connectivity index (χ1v) is 8.80. The molecule has 0 bridgehead atoms. The van der Waals surface area contributed by atoms with E-state index < -0.39 is 12.0 Å². The largest absolute Gasteiger partial charge is 0.480 e. The summed E-state index contributed by atoms with van der Waals surface area (Å²) in [5.74, 6) is 0.629. The Balaban J connectivity index is 1.42. The molecule has 1 spiro atoms. The molecular formula is C17H24N4O3. The zero-order valence-corrected chi connectivity index (χ0v) is 13.8. The molecule has 0 radical (unpaired) electrons. The van der Waals surface area contributed by atoms with E-state index in [0.717, 1.165) is 51.1 Å². The van der Waals surface area contributed by atoms with Gasteiger partial charge in [0.1, 0.15) is 11.9 Å². The molecule has 3 heterocycles. The number of aromatic nitrogens is 2. The second-order valence-corrected chi connectivity index (χ2v) is 7.60. The Bertz CT molecular complexity index is 618. The Kier molecular flexibility index (Phi) is 3.83. The van der Waals surface area contributed by atoms with E-state index in [1.165, 1.54) is 0 Å². The van der Waals surface area contributed by atoms with E-state index in [4.69, 9.17) is 0 Å². The molecule has 0 aromatic carbocycles. The van der Waals surface area contributed by atoms with Crippen LogP contribution in [0.2, 0.25) is 0 Å². The fourth-order valence-electron chi connectivity index (χ4n) is 4.28. The van der Waals surface area contributed by atoms with E-state index in [9.17, 15) is 14.7 Å². The van der Waals surface area contributed by atoms with Crippen molar-refractivity contribution in [1.29, 1.82) is 0 Å². The summed E-state index contributed by atoms with van der Waals surface area (Å²) in [6, 6.07) is -0.458. The van der Waals surface area contributed by atoms with Crippen LogP contribution >= 0.6 is 0 Å². The van der Waals surface area contributed by atoms with Gasteiger partial charge in [0.25, 0.3) is 0 Å². The average molecular weight is 332 g/mol. The van der Waals surface area contributed by atoms with E-state index in [0.29, 0.717) is 18.9 Å². The van der Waals surface area contributed by atoms with Gasteiger partial charge >= 0.3 is 5.97 Å². The maximum Gasteiger partial charge on any atom is 0.320 e. The summed E-state index contributed by atoms with van der Waals surface area (Å²) in [6.07, 6.45) is 8.02. The Hall–Kier alpha value is -1.89. The monoisotopic (exact) mass is 332 g/mol. The number of nitrogens with zero attached hydrogens (tertiary/aromatic N) is 3. The molecule has 1 aliphatic carbocycles. The van der Waals surface area contributed by atoms with Crippen LogP contribution in [-0.2, 0) is 16.1 Å². The Morgan fingerprint density at radius 2 is 2.08 bits per heavy atom. The zero-order valence-electron chi connectivity index (χ0n) is 13.8. The lowest BCUT2D eigenvalue weighted by atomic mass is 9.76. The summed E-state index contributed by atoms with van der Waals surface area (Å²) in [7, 11) is 0. The highest BCUT2D eigenvalue weighted by Gasteiger charge is 2.49. The molecule has 2 N–H and O–H groups in total. The number of carbonyl (C=O) groups excluding carboxylic acids is 1. The predicted molar refractivity (Wildman–Crippen MR) is 86.0 cm³/mol. The quantitative estimate of drug-likeness (QED) is 0.861. The summed E-state index contributed by atoms with van der Waals surface area (Å²) >= 11 is 0. The molecule has 1 aromatic rings. The van der Waals surface area contributed by atoms with Crippen molar-refractivity contribution in [3.63, 3.8) is 0 Å². The molecule has 1 atom stereocenters. The number of nitrogens with one attached hydrogen (secondary N) is 1. The molecule has 3 fully saturated rings. The van der Waals surface area contributed by atoms with Crippen molar-refractivity contribution in [1.82, 2.24) is 19.8 Å². The van der Waals surface area contributed by atoms with Gasteiger partial charge in [0.05, 0.1) is 6.54 Å². The van der Waals surface area contributed by atoms with Gasteiger partial charge in [0.15, 0.2) is 0 Å². The Morgan fingerprint density at radius 1 is 1.33 bits per heavy atom. The minimum Gasteiger partial charge on any atom is -0.480 e. The minimum absolute atomic E-state index is 0.0238. The van der Waals surface area contributed by atoms with Crippen LogP contribution in [0.1, 0.15) is 37.9 Å². The van der Waals surface area contributed by atoms with Crippen LogP contribution in [0.25, 0.3) is 0 Å². The minimum atomic E-state index is -0.755. The number of carboxylic acids is 1. The highest BCUT2D eigenvalue weighted by atomic mass is 16.4. The lowest BCUT2D eigenvalue weighted by Gasteiger charge is -2.39. The van der Waals surface area contributed by atoms with Gasteiger partial charge in [-0.15, -0.1) is 0 Å². The molecule has 24 heavy (non-hydrogen) atoms. The van der Waals surface area contributed by atoms with Gasteiger partial charge in [-0.3, -0.25) is 14.5 Å². The maximum absolute atomic E-state index is 12.2. The van der Waals surface area contributed by atoms with E-state index in [2.05, 4.69) is 9.97 Å². The number of rotatable bonds is 4. The molecule has 7 nitrogen and oxygen atoms in total. The van der Waals surface area contributed by atoms with Crippen molar-refractivity contribution in [2.75, 3.05) is 19.6 Å². The second kappa shape index (κ2) is 5.88. The lowest BCUT2D eigenvalue weighted by Crippen LogP contribution is -2.44. The number of imidazole rings is 1. The number of carboxylic acid groups (broad SMARTS) is 1. The van der Waals surface area contributed by atoms with Crippen LogP contribution in [0.5, 0.6) is 0 Å². The van der Waals surface area contributed by atoms with Gasteiger partial charge < -0.3 is 15.0 Å². The van der Waals surface area contributed by atoms with Gasteiger partial charge in [-0.25, -0.2) is 4.98 Å². The molecular weight excluding hydrogens is 308 g/mol. The standard InChI is InChI=1S/C17H24N4O3/c22-15(12-1-2-12)20-7-3-17(4-8-20)9-13(16(23)24)21(11-17)10-14-18-5-6-19-14/h5-6,12-13H,1-4,7-11H2,(H,18,19)(H,23,24)/t13-/m0/s1. The smallest absolute Gasteiger partial charge is 0.320 e. The van der Waals surface area contributed by atoms with Crippen molar-refractivity contribution in [3.8, 4) is 0 Å². The molecule has 130 valence electrons. The number of H-pyrrole nitrogens is 1. The van der Waals surface area contributed by atoms with E-state index >= 15 is 0 Å². The van der Waals surface area contributed by atoms with E-state index in [-0.39, 0.29) is 11.3 Å². The van der Waals surface area contributed by atoms with Gasteiger partial charge in [0, 0.05) is 37.9 Å². The van der Waals surface area contributed by atoms with E-state index in [1.54, 1.807) is 12.4 Å². The maximum atomic E-state index is 12.2. The molecule has 3 aliphatic rings. The number of aliphatic carboxylic acids is 1. The van der Waals surface area contributed by atoms with E-state index in [1.807, 2.05) is 9.80 Å². The Morgan fingerprint density at radius 3 is 2.67 bits per heavy atom. The molecule has 2 saturated heterocycles. The third kappa shape index (κ3) is 2.92. The highest BCUT2D eigenvalue weighted by molar-refractivity contribution is 5.81. The first-order chi connectivity index (χ1) is 11.6. The van der Waals surface area contributed by atoms with Crippen LogP contribution in [0.15, 0.2) is 12.4 Å². The molecule has 2 aliphatic heterocycles. The van der Waals surface area contributed by atoms with Crippen LogP contribution in [0, 0.1) is 11.3 Å². The Labute approximate surface area is 141 Å². The molecule has 1 amide bonds. The molecule has 1 saturated carbocycles. The number of aromatic amines is 1. The lowest BCUT2D eigenvalue weighted by molar-refractivity contribution is -0.142. The third-order valence-electron chi connectivity index (χ3n) is 5.86. The SMILES string of the molecule is O=C(O)[C@@H]1CC2(CCN(C(=O)C3CC3)CC2)CN1Cc1ncc[nH]1. The van der Waals surface area contributed by atoms with Crippen LogP contribution in [0.4, 0.5) is 0 Å². The number of amides is 1. The predicted octanol–water partition coefficient (Wildman–Crippen LogP) is 1.09. The summed E-state index contributed by atoms with van der Waals surface area (Å²) in [6.45, 7) is 2.86. The zero-order chi connectivity index (χ0) is 16.7.